The van der Waals surface area contributed by atoms with E-state index in [1.165, 1.54) is 5.56 Å². The van der Waals surface area contributed by atoms with E-state index in [-0.39, 0.29) is 5.91 Å². The lowest BCUT2D eigenvalue weighted by atomic mass is 10.2. The number of allylic oxidation sites excluding steroid dienone is 1. The largest absolute Gasteiger partial charge is 0.494 e. The van der Waals surface area contributed by atoms with Gasteiger partial charge in [-0.3, -0.25) is 4.79 Å². The number of hydrogen-bond acceptors (Lipinski definition) is 2. The van der Waals surface area contributed by atoms with E-state index in [0.717, 1.165) is 38.0 Å². The molecule has 0 aliphatic rings. The summed E-state index contributed by atoms with van der Waals surface area (Å²) in [5.74, 6) is 0.974. The van der Waals surface area contributed by atoms with Gasteiger partial charge in [0.15, 0.2) is 0 Å². The van der Waals surface area contributed by atoms with Crippen molar-refractivity contribution in [3.8, 4) is 5.75 Å². The number of amides is 1. The molecule has 0 heterocycles. The van der Waals surface area contributed by atoms with Crippen LogP contribution in [0.2, 0.25) is 0 Å². The van der Waals surface area contributed by atoms with Gasteiger partial charge in [0, 0.05) is 13.0 Å². The number of nitrogens with one attached hydrogen (secondary N) is 1. The molecule has 0 aromatic heterocycles. The highest BCUT2D eigenvalue weighted by Gasteiger charge is 2.00. The van der Waals surface area contributed by atoms with E-state index in [0.29, 0.717) is 13.0 Å². The molecule has 1 aromatic rings. The zero-order valence-corrected chi connectivity index (χ0v) is 13.2. The summed E-state index contributed by atoms with van der Waals surface area (Å²) in [6.45, 7) is 5.59. The van der Waals surface area contributed by atoms with Crippen molar-refractivity contribution in [2.45, 2.75) is 46.0 Å². The summed E-state index contributed by atoms with van der Waals surface area (Å²) in [5, 5.41) is 2.91. The molecular weight excluding hydrogens is 262 g/mol. The van der Waals surface area contributed by atoms with Gasteiger partial charge in [-0.15, -0.1) is 0 Å². The number of benzene rings is 1. The van der Waals surface area contributed by atoms with E-state index in [9.17, 15) is 4.79 Å². The van der Waals surface area contributed by atoms with Crippen molar-refractivity contribution < 1.29 is 9.53 Å². The van der Waals surface area contributed by atoms with Gasteiger partial charge in [0.05, 0.1) is 6.61 Å². The van der Waals surface area contributed by atoms with Crippen LogP contribution in [0.1, 0.15) is 51.5 Å². The fourth-order valence-electron chi connectivity index (χ4n) is 1.84. The van der Waals surface area contributed by atoms with Crippen molar-refractivity contribution in [2.75, 3.05) is 13.2 Å². The van der Waals surface area contributed by atoms with Crippen LogP contribution in [0.25, 0.3) is 6.08 Å². The minimum absolute atomic E-state index is 0.118. The van der Waals surface area contributed by atoms with Crippen molar-refractivity contribution >= 4 is 12.0 Å². The monoisotopic (exact) mass is 289 g/mol. The summed E-state index contributed by atoms with van der Waals surface area (Å²) >= 11 is 0. The lowest BCUT2D eigenvalue weighted by Crippen LogP contribution is -2.24. The number of unbranched alkanes of at least 4 members (excludes halogenated alkanes) is 1. The van der Waals surface area contributed by atoms with Gasteiger partial charge in [0.25, 0.3) is 0 Å². The highest BCUT2D eigenvalue weighted by atomic mass is 16.5. The van der Waals surface area contributed by atoms with E-state index in [1.807, 2.05) is 24.3 Å². The van der Waals surface area contributed by atoms with Crippen LogP contribution < -0.4 is 10.1 Å². The van der Waals surface area contributed by atoms with E-state index in [1.54, 1.807) is 0 Å². The fraction of sp³-hybridized carbons (Fsp3) is 0.500. The summed E-state index contributed by atoms with van der Waals surface area (Å²) in [7, 11) is 0. The average molecular weight is 289 g/mol. The fourth-order valence-corrected chi connectivity index (χ4v) is 1.84. The van der Waals surface area contributed by atoms with Gasteiger partial charge in [-0.05, 0) is 37.0 Å². The Balaban J connectivity index is 2.17. The molecule has 1 amide bonds. The number of hydrogen-bond donors (Lipinski definition) is 1. The van der Waals surface area contributed by atoms with Crippen LogP contribution in [-0.4, -0.2) is 19.1 Å². The van der Waals surface area contributed by atoms with Crippen LogP contribution in [0.5, 0.6) is 5.75 Å². The summed E-state index contributed by atoms with van der Waals surface area (Å²) < 4.78 is 5.64. The van der Waals surface area contributed by atoms with Gasteiger partial charge in [0.1, 0.15) is 5.75 Å². The van der Waals surface area contributed by atoms with Crippen molar-refractivity contribution in [2.24, 2.45) is 0 Å². The molecule has 0 aliphatic heterocycles. The van der Waals surface area contributed by atoms with Crippen molar-refractivity contribution in [3.63, 3.8) is 0 Å². The first-order valence-corrected chi connectivity index (χ1v) is 7.92. The lowest BCUT2D eigenvalue weighted by molar-refractivity contribution is -0.121. The molecule has 0 unspecified atom stereocenters. The molecule has 116 valence electrons. The molecule has 0 fully saturated rings. The van der Waals surface area contributed by atoms with Crippen LogP contribution in [0.4, 0.5) is 0 Å². The second-order valence-electron chi connectivity index (χ2n) is 5.04. The highest BCUT2D eigenvalue weighted by Crippen LogP contribution is 2.13. The third kappa shape index (κ3) is 8.18. The molecule has 0 bridgehead atoms. The van der Waals surface area contributed by atoms with Crippen molar-refractivity contribution in [1.29, 1.82) is 0 Å². The molecule has 3 nitrogen and oxygen atoms in total. The predicted octanol–water partition coefficient (Wildman–Crippen LogP) is 4.19. The molecule has 1 rings (SSSR count). The molecule has 0 spiro atoms. The number of rotatable bonds is 10. The van der Waals surface area contributed by atoms with E-state index >= 15 is 0 Å². The first kappa shape index (κ1) is 17.3. The topological polar surface area (TPSA) is 38.3 Å². The molecule has 0 aliphatic carbocycles. The standard InChI is InChI=1S/C18H27NO2/c1-3-5-8-16-10-12-17(13-11-16)21-15-7-9-18(20)19-14-6-4-2/h5,8,10-13H,3-4,6-7,9,14-15H2,1-2H3,(H,19,20). The third-order valence-corrected chi connectivity index (χ3v) is 3.10. The molecule has 0 atom stereocenters. The molecule has 0 radical (unpaired) electrons. The first-order chi connectivity index (χ1) is 10.3. The molecule has 0 saturated heterocycles. The molecule has 0 saturated carbocycles. The molecule has 1 N–H and O–H groups in total. The van der Waals surface area contributed by atoms with Crippen LogP contribution in [-0.2, 0) is 4.79 Å². The van der Waals surface area contributed by atoms with Crippen LogP contribution in [0.15, 0.2) is 30.3 Å². The van der Waals surface area contributed by atoms with Gasteiger partial charge in [0.2, 0.25) is 5.91 Å². The van der Waals surface area contributed by atoms with E-state index < -0.39 is 0 Å². The van der Waals surface area contributed by atoms with Crippen molar-refractivity contribution in [3.05, 3.63) is 35.9 Å². The van der Waals surface area contributed by atoms with Gasteiger partial charge in [-0.2, -0.15) is 0 Å². The number of carbonyl (C=O) groups is 1. The quantitative estimate of drug-likeness (QED) is 0.656. The summed E-state index contributed by atoms with van der Waals surface area (Å²) in [6, 6.07) is 8.02. The Bertz CT molecular complexity index is 423. The number of ether oxygens (including phenoxy) is 1. The maximum Gasteiger partial charge on any atom is 0.220 e. The zero-order chi connectivity index (χ0) is 15.3. The van der Waals surface area contributed by atoms with Gasteiger partial charge < -0.3 is 10.1 Å². The Morgan fingerprint density at radius 1 is 1.19 bits per heavy atom. The normalized spacial score (nSPS) is 10.8. The molecule has 21 heavy (non-hydrogen) atoms. The Morgan fingerprint density at radius 3 is 2.62 bits per heavy atom. The Labute approximate surface area is 128 Å². The van der Waals surface area contributed by atoms with Gasteiger partial charge in [-0.1, -0.05) is 44.6 Å². The zero-order valence-electron chi connectivity index (χ0n) is 13.2. The number of carbonyl (C=O) groups excluding carboxylic acids is 1. The summed E-state index contributed by atoms with van der Waals surface area (Å²) in [6.07, 6.45) is 8.69. The Hall–Kier alpha value is -1.77. The summed E-state index contributed by atoms with van der Waals surface area (Å²) in [5.41, 5.74) is 1.18. The second kappa shape index (κ2) is 11.0. The molecular formula is C18H27NO2. The smallest absolute Gasteiger partial charge is 0.220 e. The van der Waals surface area contributed by atoms with E-state index in [2.05, 4.69) is 31.3 Å². The molecule has 3 heteroatoms. The predicted molar refractivity (Wildman–Crippen MR) is 88.4 cm³/mol. The van der Waals surface area contributed by atoms with Gasteiger partial charge in [-0.25, -0.2) is 0 Å². The maximum atomic E-state index is 11.5. The highest BCUT2D eigenvalue weighted by molar-refractivity contribution is 5.75. The van der Waals surface area contributed by atoms with Gasteiger partial charge >= 0.3 is 0 Å². The summed E-state index contributed by atoms with van der Waals surface area (Å²) in [4.78, 5) is 11.5. The van der Waals surface area contributed by atoms with E-state index in [4.69, 9.17) is 4.74 Å². The third-order valence-electron chi connectivity index (χ3n) is 3.10. The minimum atomic E-state index is 0.118. The Morgan fingerprint density at radius 2 is 1.95 bits per heavy atom. The van der Waals surface area contributed by atoms with Crippen molar-refractivity contribution in [1.82, 2.24) is 5.32 Å². The van der Waals surface area contributed by atoms with Crippen LogP contribution in [0.3, 0.4) is 0 Å². The molecule has 1 aromatic carbocycles. The first-order valence-electron chi connectivity index (χ1n) is 7.92. The van der Waals surface area contributed by atoms with Crippen LogP contribution >= 0.6 is 0 Å². The minimum Gasteiger partial charge on any atom is -0.494 e. The SMILES string of the molecule is CCC=Cc1ccc(OCCCC(=O)NCCCC)cc1. The Kier molecular flexibility index (Phi) is 9.01. The maximum absolute atomic E-state index is 11.5. The second-order valence-corrected chi connectivity index (χ2v) is 5.04. The average Bonchev–Trinajstić information content (AvgIpc) is 2.51. The van der Waals surface area contributed by atoms with Crippen LogP contribution in [0, 0.1) is 0 Å². The lowest BCUT2D eigenvalue weighted by Gasteiger charge is -2.07.